The molecule has 0 fully saturated rings. The summed E-state index contributed by atoms with van der Waals surface area (Å²) in [4.78, 5) is 15.6. The Morgan fingerprint density at radius 2 is 1.44 bits per heavy atom. The summed E-state index contributed by atoms with van der Waals surface area (Å²) in [5.74, 6) is -0.571. The van der Waals surface area contributed by atoms with E-state index in [2.05, 4.69) is 29.7 Å². The zero-order valence-corrected chi connectivity index (χ0v) is 19.4. The number of unbranched alkanes of at least 4 members (excludes halogenated alkanes) is 1. The van der Waals surface area contributed by atoms with Crippen molar-refractivity contribution in [1.82, 2.24) is 9.47 Å². The van der Waals surface area contributed by atoms with Crippen molar-refractivity contribution in [3.05, 3.63) is 106 Å². The summed E-state index contributed by atoms with van der Waals surface area (Å²) in [5.41, 5.74) is 5.97. The monoisotopic (exact) mass is 458 g/mol. The third kappa shape index (κ3) is 4.35. The summed E-state index contributed by atoms with van der Waals surface area (Å²) >= 11 is 0. The third-order valence-corrected chi connectivity index (χ3v) is 6.71. The fraction of sp³-hybridized carbons (Fsp3) is 0.276. The van der Waals surface area contributed by atoms with Crippen molar-refractivity contribution in [2.24, 2.45) is 0 Å². The van der Waals surface area contributed by atoms with E-state index in [1.807, 2.05) is 4.90 Å². The molecule has 0 bridgehead atoms. The molecule has 174 valence electrons. The second kappa shape index (κ2) is 9.41. The summed E-state index contributed by atoms with van der Waals surface area (Å²) in [5, 5.41) is 1.14. The first-order valence-electron chi connectivity index (χ1n) is 12.0. The molecule has 0 atom stereocenters. The van der Waals surface area contributed by atoms with Crippen LogP contribution in [0.1, 0.15) is 52.5 Å². The van der Waals surface area contributed by atoms with Gasteiger partial charge in [0.25, 0.3) is 5.91 Å². The van der Waals surface area contributed by atoms with Crippen LogP contribution >= 0.6 is 0 Å². The van der Waals surface area contributed by atoms with E-state index in [0.29, 0.717) is 25.3 Å². The second-order valence-electron chi connectivity index (χ2n) is 9.10. The number of carbonyl (C=O) groups is 1. The minimum atomic E-state index is -0.283. The quantitative estimate of drug-likeness (QED) is 0.310. The Bertz CT molecular complexity index is 1320. The highest BCUT2D eigenvalue weighted by molar-refractivity contribution is 6.03. The van der Waals surface area contributed by atoms with Crippen LogP contribution in [0.2, 0.25) is 0 Å². The van der Waals surface area contributed by atoms with Crippen LogP contribution in [0.3, 0.4) is 0 Å². The smallest absolute Gasteiger partial charge is 0.271 e. The molecule has 0 unspecified atom stereocenters. The fourth-order valence-corrected chi connectivity index (χ4v) is 4.90. The molecule has 5 rings (SSSR count). The van der Waals surface area contributed by atoms with Crippen LogP contribution in [0.25, 0.3) is 10.9 Å². The Morgan fingerprint density at radius 1 is 0.824 bits per heavy atom. The Kier molecular flexibility index (Phi) is 6.18. The number of hydrogen-bond acceptors (Lipinski definition) is 1. The molecule has 0 N–H and O–H groups in total. The topological polar surface area (TPSA) is 25.2 Å². The van der Waals surface area contributed by atoms with Crippen molar-refractivity contribution in [2.75, 3.05) is 6.54 Å². The Morgan fingerprint density at radius 3 is 2.09 bits per heavy atom. The van der Waals surface area contributed by atoms with E-state index in [0.717, 1.165) is 53.3 Å². The van der Waals surface area contributed by atoms with Gasteiger partial charge in [0.2, 0.25) is 0 Å². The standard InChI is InChI=1S/C29H28F2N2O/c1-2-3-4-20-9-14-27-26(17-20)25-15-16-32(18-21-5-10-23(30)11-6-21)29(34)28(25)33(27)19-22-7-12-24(31)13-8-22/h5-14,17H,2-4,15-16,18-19H2,1H3. The predicted molar refractivity (Wildman–Crippen MR) is 131 cm³/mol. The van der Waals surface area contributed by atoms with Crippen LogP contribution < -0.4 is 0 Å². The molecule has 0 saturated heterocycles. The number of benzene rings is 3. The lowest BCUT2D eigenvalue weighted by Crippen LogP contribution is -2.38. The van der Waals surface area contributed by atoms with E-state index in [1.165, 1.54) is 29.8 Å². The van der Waals surface area contributed by atoms with Gasteiger partial charge in [0.05, 0.1) is 0 Å². The van der Waals surface area contributed by atoms with Crippen molar-refractivity contribution in [3.63, 3.8) is 0 Å². The van der Waals surface area contributed by atoms with Gasteiger partial charge >= 0.3 is 0 Å². The van der Waals surface area contributed by atoms with Crippen LogP contribution in [-0.4, -0.2) is 21.9 Å². The first kappa shape index (κ1) is 22.3. The zero-order valence-electron chi connectivity index (χ0n) is 19.4. The molecular formula is C29H28F2N2O. The van der Waals surface area contributed by atoms with Gasteiger partial charge in [-0.15, -0.1) is 0 Å². The normalized spacial score (nSPS) is 13.5. The summed E-state index contributed by atoms with van der Waals surface area (Å²) in [7, 11) is 0. The molecule has 3 aromatic carbocycles. The van der Waals surface area contributed by atoms with E-state index in [1.54, 1.807) is 24.3 Å². The predicted octanol–water partition coefficient (Wildman–Crippen LogP) is 6.51. The van der Waals surface area contributed by atoms with Crippen molar-refractivity contribution in [2.45, 2.75) is 45.7 Å². The van der Waals surface area contributed by atoms with Crippen LogP contribution in [0.5, 0.6) is 0 Å². The molecule has 0 radical (unpaired) electrons. The van der Waals surface area contributed by atoms with Gasteiger partial charge in [0, 0.05) is 30.5 Å². The highest BCUT2D eigenvalue weighted by atomic mass is 19.1. The average molecular weight is 459 g/mol. The molecule has 1 amide bonds. The second-order valence-corrected chi connectivity index (χ2v) is 9.10. The molecule has 1 aromatic heterocycles. The summed E-state index contributed by atoms with van der Waals surface area (Å²) in [6.07, 6.45) is 4.06. The minimum absolute atomic E-state index is 0.0148. The molecular weight excluding hydrogens is 430 g/mol. The van der Waals surface area contributed by atoms with Crippen LogP contribution in [0.15, 0.2) is 66.7 Å². The van der Waals surface area contributed by atoms with E-state index in [4.69, 9.17) is 0 Å². The number of aromatic nitrogens is 1. The molecule has 4 aromatic rings. The number of nitrogens with zero attached hydrogens (tertiary/aromatic N) is 2. The molecule has 0 aliphatic carbocycles. The van der Waals surface area contributed by atoms with Gasteiger partial charge in [-0.25, -0.2) is 8.78 Å². The summed E-state index contributed by atoms with van der Waals surface area (Å²) in [6.45, 7) is 3.75. The number of fused-ring (bicyclic) bond motifs is 3. The molecule has 1 aliphatic rings. The lowest BCUT2D eigenvalue weighted by Gasteiger charge is -2.28. The molecule has 5 heteroatoms. The highest BCUT2D eigenvalue weighted by Crippen LogP contribution is 2.33. The zero-order chi connectivity index (χ0) is 23.7. The van der Waals surface area contributed by atoms with Gasteiger partial charge in [-0.3, -0.25) is 4.79 Å². The molecule has 2 heterocycles. The van der Waals surface area contributed by atoms with E-state index >= 15 is 0 Å². The summed E-state index contributed by atoms with van der Waals surface area (Å²) in [6, 6.07) is 19.3. The van der Waals surface area contributed by atoms with Gasteiger partial charge in [0.1, 0.15) is 17.3 Å². The summed E-state index contributed by atoms with van der Waals surface area (Å²) < 4.78 is 28.9. The molecule has 3 nitrogen and oxygen atoms in total. The van der Waals surface area contributed by atoms with Gasteiger partial charge in [-0.1, -0.05) is 43.7 Å². The lowest BCUT2D eigenvalue weighted by atomic mass is 9.99. The van der Waals surface area contributed by atoms with Crippen LogP contribution in [0.4, 0.5) is 8.78 Å². The molecule has 1 aliphatic heterocycles. The first-order valence-corrected chi connectivity index (χ1v) is 12.0. The van der Waals surface area contributed by atoms with E-state index in [9.17, 15) is 13.6 Å². The molecule has 0 saturated carbocycles. The lowest BCUT2D eigenvalue weighted by molar-refractivity contribution is 0.0716. The Balaban J connectivity index is 1.56. The van der Waals surface area contributed by atoms with E-state index in [-0.39, 0.29) is 17.5 Å². The number of hydrogen-bond donors (Lipinski definition) is 0. The first-order chi connectivity index (χ1) is 16.5. The van der Waals surface area contributed by atoms with E-state index < -0.39 is 0 Å². The van der Waals surface area contributed by atoms with Crippen molar-refractivity contribution < 1.29 is 13.6 Å². The maximum Gasteiger partial charge on any atom is 0.271 e. The molecule has 34 heavy (non-hydrogen) atoms. The third-order valence-electron chi connectivity index (χ3n) is 6.71. The maximum atomic E-state index is 13.8. The van der Waals surface area contributed by atoms with Gasteiger partial charge in [-0.05, 0) is 77.9 Å². The van der Waals surface area contributed by atoms with Crippen molar-refractivity contribution in [3.8, 4) is 0 Å². The highest BCUT2D eigenvalue weighted by Gasteiger charge is 2.31. The number of rotatable bonds is 7. The van der Waals surface area contributed by atoms with Gasteiger partial charge in [-0.2, -0.15) is 0 Å². The number of carbonyl (C=O) groups excluding carboxylic acids is 1. The number of aryl methyl sites for hydroxylation is 1. The molecule has 0 spiro atoms. The van der Waals surface area contributed by atoms with Gasteiger partial charge in [0.15, 0.2) is 0 Å². The SMILES string of the molecule is CCCCc1ccc2c(c1)c1c(n2Cc2ccc(F)cc2)C(=O)N(Cc2ccc(F)cc2)CC1. The van der Waals surface area contributed by atoms with Crippen molar-refractivity contribution in [1.29, 1.82) is 0 Å². The largest absolute Gasteiger partial charge is 0.333 e. The minimum Gasteiger partial charge on any atom is -0.333 e. The Labute approximate surface area is 198 Å². The average Bonchev–Trinajstić information content (AvgIpc) is 3.15. The fourth-order valence-electron chi connectivity index (χ4n) is 4.90. The van der Waals surface area contributed by atoms with Crippen molar-refractivity contribution >= 4 is 16.8 Å². The maximum absolute atomic E-state index is 13.8. The Hall–Kier alpha value is -3.47. The number of halogens is 2. The van der Waals surface area contributed by atoms with Crippen LogP contribution in [-0.2, 0) is 25.9 Å². The van der Waals surface area contributed by atoms with Gasteiger partial charge < -0.3 is 9.47 Å². The van der Waals surface area contributed by atoms with Crippen LogP contribution in [0, 0.1) is 11.6 Å². The number of amides is 1.